The highest BCUT2D eigenvalue weighted by atomic mass is 19.1. The van der Waals surface area contributed by atoms with Crippen LogP contribution in [0.15, 0.2) is 82.4 Å². The summed E-state index contributed by atoms with van der Waals surface area (Å²) in [6.45, 7) is -0.190. The molecule has 162 valence electrons. The molecule has 7 heteroatoms. The molecule has 0 unspecified atom stereocenters. The Labute approximate surface area is 182 Å². The molecule has 0 atom stereocenters. The Bertz CT molecular complexity index is 1390. The maximum absolute atomic E-state index is 13.3. The summed E-state index contributed by atoms with van der Waals surface area (Å²) in [5.41, 5.74) is 1.70. The molecule has 0 aliphatic rings. The molecule has 32 heavy (non-hydrogen) atoms. The normalized spacial score (nSPS) is 11.1. The van der Waals surface area contributed by atoms with Crippen molar-refractivity contribution in [3.63, 3.8) is 0 Å². The highest BCUT2D eigenvalue weighted by molar-refractivity contribution is 5.96. The van der Waals surface area contributed by atoms with E-state index in [1.54, 1.807) is 60.7 Å². The fourth-order valence-electron chi connectivity index (χ4n) is 3.68. The number of rotatable bonds is 7. The molecule has 1 heterocycles. The number of para-hydroxylation sites is 1. The minimum absolute atomic E-state index is 0.165. The average Bonchev–Trinajstić information content (AvgIpc) is 2.82. The van der Waals surface area contributed by atoms with Crippen LogP contribution in [-0.4, -0.2) is 26.6 Å². The molecule has 0 fully saturated rings. The highest BCUT2D eigenvalue weighted by Gasteiger charge is 2.14. The first kappa shape index (κ1) is 21.4. The predicted octanol–water partition coefficient (Wildman–Crippen LogP) is 2.77. The number of aromatic nitrogens is 2. The molecule has 6 nitrogen and oxygen atoms in total. The summed E-state index contributed by atoms with van der Waals surface area (Å²) in [7, 11) is 0. The number of ketones is 1. The van der Waals surface area contributed by atoms with Gasteiger partial charge in [-0.15, -0.1) is 0 Å². The van der Waals surface area contributed by atoms with Crippen LogP contribution >= 0.6 is 0 Å². The quantitative estimate of drug-likeness (QED) is 0.456. The van der Waals surface area contributed by atoms with Gasteiger partial charge in [0.15, 0.2) is 5.78 Å². The lowest BCUT2D eigenvalue weighted by atomic mass is 10.1. The Hall–Kier alpha value is -3.84. The Morgan fingerprint density at radius 2 is 1.50 bits per heavy atom. The average molecular weight is 432 g/mol. The van der Waals surface area contributed by atoms with E-state index in [4.69, 9.17) is 5.11 Å². The molecular formula is C25H21FN2O4. The van der Waals surface area contributed by atoms with Crippen molar-refractivity contribution in [3.8, 4) is 0 Å². The van der Waals surface area contributed by atoms with Crippen LogP contribution in [0.2, 0.25) is 0 Å². The number of hydrogen-bond donors (Lipinski definition) is 1. The Balaban J connectivity index is 1.73. The van der Waals surface area contributed by atoms with Gasteiger partial charge in [0.05, 0.1) is 17.4 Å². The van der Waals surface area contributed by atoms with Gasteiger partial charge in [-0.25, -0.2) is 9.18 Å². The van der Waals surface area contributed by atoms with Gasteiger partial charge in [-0.05, 0) is 41.8 Å². The van der Waals surface area contributed by atoms with E-state index < -0.39 is 12.3 Å². The van der Waals surface area contributed by atoms with Crippen LogP contribution in [0.3, 0.4) is 0 Å². The largest absolute Gasteiger partial charge is 0.388 e. The second kappa shape index (κ2) is 9.11. The molecule has 0 bridgehead atoms. The predicted molar refractivity (Wildman–Crippen MR) is 120 cm³/mol. The molecule has 0 saturated heterocycles. The summed E-state index contributed by atoms with van der Waals surface area (Å²) in [6.07, 6.45) is 0.408. The van der Waals surface area contributed by atoms with Crippen molar-refractivity contribution >= 4 is 16.7 Å². The Kier molecular flexibility index (Phi) is 6.09. The number of aliphatic hydroxyl groups excluding tert-OH is 1. The monoisotopic (exact) mass is 432 g/mol. The van der Waals surface area contributed by atoms with Crippen molar-refractivity contribution in [2.75, 3.05) is 6.61 Å². The standard InChI is InChI=1S/C25H21FN2O4/c26-20-11-7-17(8-12-20)13-14-27-24(31)21-3-1-2-4-22(21)28(25(27)32)15-18-5-9-19(10-6-18)23(30)16-29/h1-12,29H,13-16H2. The van der Waals surface area contributed by atoms with Gasteiger partial charge in [-0.3, -0.25) is 18.7 Å². The number of benzene rings is 3. The van der Waals surface area contributed by atoms with Crippen LogP contribution in [0, 0.1) is 5.82 Å². The molecule has 1 aromatic heterocycles. The molecule has 0 spiro atoms. The molecule has 0 saturated carbocycles. The van der Waals surface area contributed by atoms with Crippen molar-refractivity contribution in [1.82, 2.24) is 9.13 Å². The molecule has 0 radical (unpaired) electrons. The summed E-state index contributed by atoms with van der Waals surface area (Å²) in [5, 5.41) is 9.43. The van der Waals surface area contributed by atoms with Gasteiger partial charge in [0.2, 0.25) is 0 Å². The van der Waals surface area contributed by atoms with Crippen LogP contribution in [0.4, 0.5) is 4.39 Å². The third-order valence-electron chi connectivity index (χ3n) is 5.43. The second-order valence-electron chi connectivity index (χ2n) is 7.50. The van der Waals surface area contributed by atoms with Gasteiger partial charge in [0.1, 0.15) is 12.4 Å². The van der Waals surface area contributed by atoms with Crippen molar-refractivity contribution in [3.05, 3.63) is 116 Å². The zero-order valence-corrected chi connectivity index (χ0v) is 17.2. The lowest BCUT2D eigenvalue weighted by molar-refractivity contribution is 0.0903. The SMILES string of the molecule is O=C(CO)c1ccc(Cn2c(=O)n(CCc3ccc(F)cc3)c(=O)c3ccccc32)cc1. The number of halogens is 1. The lowest BCUT2D eigenvalue weighted by Gasteiger charge is -2.14. The maximum atomic E-state index is 13.3. The zero-order chi connectivity index (χ0) is 22.7. The first-order valence-electron chi connectivity index (χ1n) is 10.2. The maximum Gasteiger partial charge on any atom is 0.331 e. The van der Waals surface area contributed by atoms with Gasteiger partial charge in [-0.1, -0.05) is 48.5 Å². The van der Waals surface area contributed by atoms with Crippen LogP contribution < -0.4 is 11.2 Å². The van der Waals surface area contributed by atoms with E-state index in [0.29, 0.717) is 22.9 Å². The number of Topliss-reactive ketones (excluding diaryl/α,β-unsaturated/α-hetero) is 1. The molecule has 4 rings (SSSR count). The number of hydrogen-bond acceptors (Lipinski definition) is 4. The van der Waals surface area contributed by atoms with E-state index in [-0.39, 0.29) is 30.2 Å². The lowest BCUT2D eigenvalue weighted by Crippen LogP contribution is -2.40. The number of nitrogens with zero attached hydrogens (tertiary/aromatic N) is 2. The molecular weight excluding hydrogens is 411 g/mol. The third kappa shape index (κ3) is 4.29. The molecule has 3 aromatic carbocycles. The first-order valence-corrected chi connectivity index (χ1v) is 10.2. The van der Waals surface area contributed by atoms with E-state index in [2.05, 4.69) is 0 Å². The minimum atomic E-state index is -0.567. The van der Waals surface area contributed by atoms with Gasteiger partial charge in [0, 0.05) is 12.1 Å². The van der Waals surface area contributed by atoms with Gasteiger partial charge >= 0.3 is 5.69 Å². The third-order valence-corrected chi connectivity index (χ3v) is 5.43. The summed E-state index contributed by atoms with van der Waals surface area (Å²) >= 11 is 0. The van der Waals surface area contributed by atoms with E-state index in [0.717, 1.165) is 11.1 Å². The van der Waals surface area contributed by atoms with Gasteiger partial charge < -0.3 is 5.11 Å². The Morgan fingerprint density at radius 1 is 0.844 bits per heavy atom. The van der Waals surface area contributed by atoms with Crippen LogP contribution in [-0.2, 0) is 19.5 Å². The van der Waals surface area contributed by atoms with E-state index in [1.165, 1.54) is 21.3 Å². The summed E-state index contributed by atoms with van der Waals surface area (Å²) in [6, 6.07) is 19.5. The molecule has 4 aromatic rings. The summed E-state index contributed by atoms with van der Waals surface area (Å²) < 4.78 is 15.9. The minimum Gasteiger partial charge on any atom is -0.388 e. The fourth-order valence-corrected chi connectivity index (χ4v) is 3.68. The van der Waals surface area contributed by atoms with Crippen molar-refractivity contribution < 1.29 is 14.3 Å². The van der Waals surface area contributed by atoms with Crippen molar-refractivity contribution in [1.29, 1.82) is 0 Å². The van der Waals surface area contributed by atoms with E-state index >= 15 is 0 Å². The van der Waals surface area contributed by atoms with Crippen molar-refractivity contribution in [2.45, 2.75) is 19.5 Å². The van der Waals surface area contributed by atoms with E-state index in [9.17, 15) is 18.8 Å². The summed E-state index contributed by atoms with van der Waals surface area (Å²) in [4.78, 5) is 37.9. The fraction of sp³-hybridized carbons (Fsp3) is 0.160. The van der Waals surface area contributed by atoms with Gasteiger partial charge in [-0.2, -0.15) is 0 Å². The number of aryl methyl sites for hydroxylation is 1. The van der Waals surface area contributed by atoms with Crippen molar-refractivity contribution in [2.24, 2.45) is 0 Å². The molecule has 0 aliphatic heterocycles. The number of aliphatic hydroxyl groups is 1. The number of fused-ring (bicyclic) bond motifs is 1. The molecule has 1 N–H and O–H groups in total. The number of carbonyl (C=O) groups excluding carboxylic acids is 1. The Morgan fingerprint density at radius 3 is 2.19 bits per heavy atom. The zero-order valence-electron chi connectivity index (χ0n) is 17.2. The van der Waals surface area contributed by atoms with Crippen LogP contribution in [0.1, 0.15) is 21.5 Å². The second-order valence-corrected chi connectivity index (χ2v) is 7.50. The number of carbonyl (C=O) groups is 1. The topological polar surface area (TPSA) is 81.3 Å². The van der Waals surface area contributed by atoms with Crippen LogP contribution in [0.25, 0.3) is 10.9 Å². The van der Waals surface area contributed by atoms with E-state index in [1.807, 2.05) is 0 Å². The highest BCUT2D eigenvalue weighted by Crippen LogP contribution is 2.12. The van der Waals surface area contributed by atoms with Gasteiger partial charge in [0.25, 0.3) is 5.56 Å². The smallest absolute Gasteiger partial charge is 0.331 e. The summed E-state index contributed by atoms with van der Waals surface area (Å²) in [5.74, 6) is -0.723. The first-order chi connectivity index (χ1) is 15.5. The van der Waals surface area contributed by atoms with Crippen LogP contribution in [0.5, 0.6) is 0 Å². The molecule has 0 aliphatic carbocycles. The molecule has 0 amide bonds.